The second kappa shape index (κ2) is 4.15. The molecule has 0 atom stereocenters. The lowest BCUT2D eigenvalue weighted by atomic mass is 10.1. The summed E-state index contributed by atoms with van der Waals surface area (Å²) in [6.45, 7) is 5.09. The molecule has 0 aliphatic heterocycles. The zero-order valence-corrected chi connectivity index (χ0v) is 9.20. The number of hydrogen-bond donors (Lipinski definition) is 1. The fraction of sp³-hybridized carbons (Fsp3) is 0.364. The number of nitrogens with one attached hydrogen (secondary N) is 1. The van der Waals surface area contributed by atoms with E-state index in [1.165, 1.54) is 0 Å². The number of amides is 1. The van der Waals surface area contributed by atoms with Gasteiger partial charge in [0.1, 0.15) is 5.82 Å². The van der Waals surface area contributed by atoms with Gasteiger partial charge in [0.25, 0.3) is 5.91 Å². The zero-order chi connectivity index (χ0) is 12.5. The van der Waals surface area contributed by atoms with Crippen LogP contribution < -0.4 is 5.32 Å². The maximum absolute atomic E-state index is 13.2. The highest BCUT2D eigenvalue weighted by atomic mass is 19.2. The summed E-state index contributed by atoms with van der Waals surface area (Å²) >= 11 is 0. The highest BCUT2D eigenvalue weighted by molar-refractivity contribution is 5.94. The van der Waals surface area contributed by atoms with Crippen molar-refractivity contribution in [3.63, 3.8) is 0 Å². The highest BCUT2D eigenvalue weighted by Gasteiger charge is 2.20. The van der Waals surface area contributed by atoms with Crippen LogP contribution >= 0.6 is 0 Å². The van der Waals surface area contributed by atoms with Crippen LogP contribution in [0, 0.1) is 17.5 Å². The van der Waals surface area contributed by atoms with Crippen LogP contribution in [0.4, 0.5) is 13.2 Å². The van der Waals surface area contributed by atoms with Crippen molar-refractivity contribution in [3.05, 3.63) is 35.1 Å². The third-order valence-corrected chi connectivity index (χ3v) is 1.74. The van der Waals surface area contributed by atoms with Gasteiger partial charge < -0.3 is 5.32 Å². The lowest BCUT2D eigenvalue weighted by Gasteiger charge is -2.20. The summed E-state index contributed by atoms with van der Waals surface area (Å²) in [6, 6.07) is 0.901. The Hall–Kier alpha value is -1.52. The lowest BCUT2D eigenvalue weighted by Crippen LogP contribution is -2.41. The average molecular weight is 231 g/mol. The molecule has 0 spiro atoms. The smallest absolute Gasteiger partial charge is 0.254 e. The van der Waals surface area contributed by atoms with E-state index in [2.05, 4.69) is 5.32 Å². The Morgan fingerprint density at radius 2 is 1.56 bits per heavy atom. The van der Waals surface area contributed by atoms with E-state index in [0.29, 0.717) is 12.1 Å². The number of benzene rings is 1. The van der Waals surface area contributed by atoms with Crippen LogP contribution in [0.1, 0.15) is 31.1 Å². The van der Waals surface area contributed by atoms with E-state index < -0.39 is 34.5 Å². The maximum Gasteiger partial charge on any atom is 0.254 e. The van der Waals surface area contributed by atoms with Gasteiger partial charge in [-0.1, -0.05) is 0 Å². The zero-order valence-electron chi connectivity index (χ0n) is 9.20. The predicted molar refractivity (Wildman–Crippen MR) is 53.5 cm³/mol. The molecule has 0 heterocycles. The van der Waals surface area contributed by atoms with Crippen molar-refractivity contribution >= 4 is 5.91 Å². The Morgan fingerprint density at radius 3 is 2.06 bits per heavy atom. The number of carbonyl (C=O) groups excluding carboxylic acids is 1. The quantitative estimate of drug-likeness (QED) is 0.739. The number of halogens is 3. The summed E-state index contributed by atoms with van der Waals surface area (Å²) in [5.74, 6) is -4.42. The SMILES string of the molecule is CC(C)(C)NC(=O)c1cc(F)c(F)cc1F. The van der Waals surface area contributed by atoms with Gasteiger partial charge in [0.2, 0.25) is 0 Å². The summed E-state index contributed by atoms with van der Waals surface area (Å²) in [5, 5.41) is 2.45. The van der Waals surface area contributed by atoms with Gasteiger partial charge in [-0.25, -0.2) is 13.2 Å². The molecular formula is C11H12F3NO. The van der Waals surface area contributed by atoms with Crippen LogP contribution in [0.5, 0.6) is 0 Å². The van der Waals surface area contributed by atoms with E-state index in [1.807, 2.05) is 0 Å². The Morgan fingerprint density at radius 1 is 1.06 bits per heavy atom. The standard InChI is InChI=1S/C11H12F3NO/c1-11(2,3)15-10(16)6-4-8(13)9(14)5-7(6)12/h4-5H,1-3H3,(H,15,16). The summed E-state index contributed by atoms with van der Waals surface area (Å²) in [6.07, 6.45) is 0. The molecule has 0 aliphatic carbocycles. The van der Waals surface area contributed by atoms with Crippen LogP contribution in [0.2, 0.25) is 0 Å². The monoisotopic (exact) mass is 231 g/mol. The minimum absolute atomic E-state index is 0.354. The molecule has 0 radical (unpaired) electrons. The molecule has 1 amide bonds. The van der Waals surface area contributed by atoms with E-state index in [0.717, 1.165) is 0 Å². The molecular weight excluding hydrogens is 219 g/mol. The van der Waals surface area contributed by atoms with E-state index in [4.69, 9.17) is 0 Å². The molecule has 0 aromatic heterocycles. The van der Waals surface area contributed by atoms with Gasteiger partial charge in [-0.05, 0) is 26.8 Å². The third kappa shape index (κ3) is 2.98. The number of rotatable bonds is 1. The second-order valence-electron chi connectivity index (χ2n) is 4.45. The lowest BCUT2D eigenvalue weighted by molar-refractivity contribution is 0.0914. The van der Waals surface area contributed by atoms with Gasteiger partial charge in [0, 0.05) is 11.6 Å². The van der Waals surface area contributed by atoms with E-state index in [1.54, 1.807) is 20.8 Å². The summed E-state index contributed by atoms with van der Waals surface area (Å²) < 4.78 is 38.6. The van der Waals surface area contributed by atoms with Crippen molar-refractivity contribution in [3.8, 4) is 0 Å². The molecule has 0 saturated heterocycles. The van der Waals surface area contributed by atoms with Gasteiger partial charge >= 0.3 is 0 Å². The van der Waals surface area contributed by atoms with Gasteiger partial charge in [-0.2, -0.15) is 0 Å². The minimum atomic E-state index is -1.31. The number of carbonyl (C=O) groups is 1. The van der Waals surface area contributed by atoms with Crippen molar-refractivity contribution in [2.75, 3.05) is 0 Å². The Labute approximate surface area is 91.5 Å². The fourth-order valence-electron chi connectivity index (χ4n) is 1.10. The van der Waals surface area contributed by atoms with Crippen molar-refractivity contribution in [1.29, 1.82) is 0 Å². The predicted octanol–water partition coefficient (Wildman–Crippen LogP) is 2.63. The summed E-state index contributed by atoms with van der Waals surface area (Å²) in [4.78, 5) is 11.5. The highest BCUT2D eigenvalue weighted by Crippen LogP contribution is 2.14. The fourth-order valence-corrected chi connectivity index (χ4v) is 1.10. The molecule has 1 rings (SSSR count). The Bertz CT molecular complexity index is 424. The van der Waals surface area contributed by atoms with E-state index >= 15 is 0 Å². The third-order valence-electron chi connectivity index (χ3n) is 1.74. The Kier molecular flexibility index (Phi) is 3.26. The first kappa shape index (κ1) is 12.5. The largest absolute Gasteiger partial charge is 0.347 e. The first-order valence-corrected chi connectivity index (χ1v) is 4.68. The molecule has 0 aliphatic rings. The molecule has 0 unspecified atom stereocenters. The van der Waals surface area contributed by atoms with Crippen molar-refractivity contribution in [1.82, 2.24) is 5.32 Å². The second-order valence-corrected chi connectivity index (χ2v) is 4.45. The van der Waals surface area contributed by atoms with Crippen LogP contribution in [0.25, 0.3) is 0 Å². The van der Waals surface area contributed by atoms with Gasteiger partial charge in [-0.15, -0.1) is 0 Å². The summed E-state index contributed by atoms with van der Waals surface area (Å²) in [7, 11) is 0. The van der Waals surface area contributed by atoms with Crippen LogP contribution in [-0.2, 0) is 0 Å². The number of hydrogen-bond acceptors (Lipinski definition) is 1. The Balaban J connectivity index is 3.05. The maximum atomic E-state index is 13.2. The average Bonchev–Trinajstić information content (AvgIpc) is 2.08. The van der Waals surface area contributed by atoms with Crippen molar-refractivity contribution in [2.45, 2.75) is 26.3 Å². The summed E-state index contributed by atoms with van der Waals surface area (Å²) in [5.41, 5.74) is -1.08. The van der Waals surface area contributed by atoms with Crippen LogP contribution in [0.3, 0.4) is 0 Å². The minimum Gasteiger partial charge on any atom is -0.347 e. The normalized spacial score (nSPS) is 11.4. The molecule has 0 bridgehead atoms. The van der Waals surface area contributed by atoms with Gasteiger partial charge in [0.05, 0.1) is 5.56 Å². The molecule has 0 fully saturated rings. The van der Waals surface area contributed by atoms with Gasteiger partial charge in [-0.3, -0.25) is 4.79 Å². The molecule has 2 nitrogen and oxygen atoms in total. The van der Waals surface area contributed by atoms with Crippen LogP contribution in [0.15, 0.2) is 12.1 Å². The first-order valence-electron chi connectivity index (χ1n) is 4.68. The molecule has 1 aromatic carbocycles. The van der Waals surface area contributed by atoms with E-state index in [9.17, 15) is 18.0 Å². The van der Waals surface area contributed by atoms with Crippen molar-refractivity contribution in [2.24, 2.45) is 0 Å². The molecule has 1 N–H and O–H groups in total. The molecule has 5 heteroatoms. The van der Waals surface area contributed by atoms with E-state index in [-0.39, 0.29) is 0 Å². The van der Waals surface area contributed by atoms with Crippen LogP contribution in [-0.4, -0.2) is 11.4 Å². The first-order chi connectivity index (χ1) is 7.20. The molecule has 0 saturated carbocycles. The van der Waals surface area contributed by atoms with Crippen molar-refractivity contribution < 1.29 is 18.0 Å². The molecule has 16 heavy (non-hydrogen) atoms. The molecule has 88 valence electrons. The van der Waals surface area contributed by atoms with Gasteiger partial charge in [0.15, 0.2) is 11.6 Å². The molecule has 1 aromatic rings. The topological polar surface area (TPSA) is 29.1 Å².